The summed E-state index contributed by atoms with van der Waals surface area (Å²) >= 11 is 5.84. The second kappa shape index (κ2) is 7.67. The maximum atomic E-state index is 12.9. The van der Waals surface area contributed by atoms with Crippen molar-refractivity contribution in [2.45, 2.75) is 32.0 Å². The van der Waals surface area contributed by atoms with Gasteiger partial charge >= 0.3 is 6.18 Å². The zero-order valence-corrected chi connectivity index (χ0v) is 16.0. The van der Waals surface area contributed by atoms with Gasteiger partial charge in [0.25, 0.3) is 5.91 Å². The first-order valence-electron chi connectivity index (χ1n) is 8.48. The second-order valence-corrected chi connectivity index (χ2v) is 7.50. The molecule has 0 saturated carbocycles. The highest BCUT2D eigenvalue weighted by molar-refractivity contribution is 6.30. The van der Waals surface area contributed by atoms with Crippen LogP contribution < -0.4 is 4.90 Å². The fourth-order valence-corrected chi connectivity index (χ4v) is 3.29. The van der Waals surface area contributed by atoms with Crippen LogP contribution in [0.3, 0.4) is 0 Å². The summed E-state index contributed by atoms with van der Waals surface area (Å²) < 4.78 is 38.7. The molecule has 9 heteroatoms. The number of carbonyl (C=O) groups excluding carboxylic acids is 2. The minimum atomic E-state index is -5.06. The topological polar surface area (TPSA) is 60.9 Å². The van der Waals surface area contributed by atoms with Gasteiger partial charge in [0, 0.05) is 36.8 Å². The molecule has 3 atom stereocenters. The number of anilines is 1. The molecule has 0 aliphatic carbocycles. The lowest BCUT2D eigenvalue weighted by atomic mass is 9.85. The molecule has 27 heavy (non-hydrogen) atoms. The molecule has 1 aromatic rings. The third kappa shape index (κ3) is 4.38. The first-order chi connectivity index (χ1) is 12.4. The van der Waals surface area contributed by atoms with Crippen LogP contribution in [-0.4, -0.2) is 53.7 Å². The molecular formula is C18H22ClF3N2O3. The number of benzene rings is 1. The molecule has 1 aromatic carbocycles. The molecule has 0 spiro atoms. The number of amides is 2. The second-order valence-electron chi connectivity index (χ2n) is 7.07. The molecule has 0 unspecified atom stereocenters. The van der Waals surface area contributed by atoms with Crippen molar-refractivity contribution in [2.75, 3.05) is 25.0 Å². The first-order valence-corrected chi connectivity index (χ1v) is 8.85. The van der Waals surface area contributed by atoms with Gasteiger partial charge < -0.3 is 14.9 Å². The monoisotopic (exact) mass is 406 g/mol. The van der Waals surface area contributed by atoms with E-state index in [4.69, 9.17) is 11.6 Å². The van der Waals surface area contributed by atoms with E-state index in [1.54, 1.807) is 38.2 Å². The summed E-state index contributed by atoms with van der Waals surface area (Å²) in [5.41, 5.74) is -2.79. The Morgan fingerprint density at radius 2 is 1.81 bits per heavy atom. The van der Waals surface area contributed by atoms with E-state index in [0.717, 1.165) is 4.90 Å². The maximum Gasteiger partial charge on any atom is 0.426 e. The molecule has 0 aromatic heterocycles. The zero-order valence-electron chi connectivity index (χ0n) is 15.3. The van der Waals surface area contributed by atoms with Crippen LogP contribution in [0, 0.1) is 11.8 Å². The van der Waals surface area contributed by atoms with Crippen LogP contribution in [0.1, 0.15) is 20.3 Å². The van der Waals surface area contributed by atoms with Gasteiger partial charge in [-0.05, 0) is 43.5 Å². The van der Waals surface area contributed by atoms with Gasteiger partial charge in [-0.2, -0.15) is 13.2 Å². The highest BCUT2D eigenvalue weighted by Crippen LogP contribution is 2.34. The van der Waals surface area contributed by atoms with Gasteiger partial charge in [0.1, 0.15) is 0 Å². The SMILES string of the molecule is C[C@@H]1CN(C(=O)[C@@](C)(O)C(F)(F)F)CC[C@@H]1C(=O)N(C)c1ccc(Cl)cc1. The fourth-order valence-electron chi connectivity index (χ4n) is 3.17. The van der Waals surface area contributed by atoms with Crippen molar-refractivity contribution in [1.29, 1.82) is 0 Å². The van der Waals surface area contributed by atoms with E-state index in [-0.39, 0.29) is 31.3 Å². The van der Waals surface area contributed by atoms with E-state index >= 15 is 0 Å². The van der Waals surface area contributed by atoms with Crippen LogP contribution in [0.25, 0.3) is 0 Å². The molecule has 1 aliphatic rings. The van der Waals surface area contributed by atoms with Crippen molar-refractivity contribution in [1.82, 2.24) is 4.90 Å². The summed E-state index contributed by atoms with van der Waals surface area (Å²) in [5, 5.41) is 10.1. The zero-order chi connectivity index (χ0) is 20.6. The number of hydrogen-bond donors (Lipinski definition) is 1. The summed E-state index contributed by atoms with van der Waals surface area (Å²) in [7, 11) is 1.62. The van der Waals surface area contributed by atoms with Crippen LogP contribution in [0.5, 0.6) is 0 Å². The molecule has 0 radical (unpaired) electrons. The number of rotatable bonds is 3. The summed E-state index contributed by atoms with van der Waals surface area (Å²) in [6.07, 6.45) is -4.84. The predicted molar refractivity (Wildman–Crippen MR) is 95.4 cm³/mol. The minimum Gasteiger partial charge on any atom is -0.373 e. The van der Waals surface area contributed by atoms with Gasteiger partial charge in [0.05, 0.1) is 0 Å². The Hall–Kier alpha value is -1.80. The molecular weight excluding hydrogens is 385 g/mol. The Morgan fingerprint density at radius 3 is 2.30 bits per heavy atom. The molecule has 5 nitrogen and oxygen atoms in total. The standard InChI is InChI=1S/C18H22ClF3N2O3/c1-11-10-24(16(26)17(2,27)18(20,21)22)9-8-14(11)15(25)23(3)13-6-4-12(19)5-7-13/h4-7,11,14,27H,8-10H2,1-3H3/t11-,14+,17-/m1/s1. The largest absolute Gasteiger partial charge is 0.426 e. The highest BCUT2D eigenvalue weighted by atomic mass is 35.5. The summed E-state index contributed by atoms with van der Waals surface area (Å²) in [6, 6.07) is 6.71. The molecule has 2 rings (SSSR count). The number of likely N-dealkylation sites (tertiary alicyclic amines) is 1. The molecule has 2 amide bonds. The first kappa shape index (κ1) is 21.5. The molecule has 1 heterocycles. The lowest BCUT2D eigenvalue weighted by Crippen LogP contribution is -2.59. The lowest BCUT2D eigenvalue weighted by Gasteiger charge is -2.40. The van der Waals surface area contributed by atoms with Crippen molar-refractivity contribution in [3.8, 4) is 0 Å². The van der Waals surface area contributed by atoms with Crippen molar-refractivity contribution >= 4 is 29.1 Å². The number of nitrogens with zero attached hydrogens (tertiary/aromatic N) is 2. The number of carbonyl (C=O) groups is 2. The Labute approximate surface area is 160 Å². The minimum absolute atomic E-state index is 0.0275. The molecule has 1 N–H and O–H groups in total. The average Bonchev–Trinajstić information content (AvgIpc) is 2.59. The third-order valence-corrected chi connectivity index (χ3v) is 5.27. The van der Waals surface area contributed by atoms with Crippen molar-refractivity contribution < 1.29 is 27.9 Å². The molecule has 0 bridgehead atoms. The summed E-state index contributed by atoms with van der Waals surface area (Å²) in [4.78, 5) is 27.4. The van der Waals surface area contributed by atoms with Gasteiger partial charge in [0.15, 0.2) is 0 Å². The molecule has 1 aliphatic heterocycles. The molecule has 1 fully saturated rings. The van der Waals surface area contributed by atoms with Crippen LogP contribution >= 0.6 is 11.6 Å². The summed E-state index contributed by atoms with van der Waals surface area (Å²) in [5.74, 6) is -2.36. The van der Waals surface area contributed by atoms with Crippen molar-refractivity contribution in [3.05, 3.63) is 29.3 Å². The van der Waals surface area contributed by atoms with Crippen molar-refractivity contribution in [3.63, 3.8) is 0 Å². The van der Waals surface area contributed by atoms with Crippen LogP contribution in [0.4, 0.5) is 18.9 Å². The van der Waals surface area contributed by atoms with Crippen LogP contribution in [0.15, 0.2) is 24.3 Å². The number of hydrogen-bond acceptors (Lipinski definition) is 3. The van der Waals surface area contributed by atoms with Gasteiger partial charge in [-0.15, -0.1) is 0 Å². The van der Waals surface area contributed by atoms with Crippen LogP contribution in [0.2, 0.25) is 5.02 Å². The van der Waals surface area contributed by atoms with Gasteiger partial charge in [-0.3, -0.25) is 9.59 Å². The van der Waals surface area contributed by atoms with E-state index in [1.165, 1.54) is 4.90 Å². The van der Waals surface area contributed by atoms with Crippen molar-refractivity contribution in [2.24, 2.45) is 11.8 Å². The highest BCUT2D eigenvalue weighted by Gasteiger charge is 2.57. The van der Waals surface area contributed by atoms with E-state index < -0.39 is 23.6 Å². The smallest absolute Gasteiger partial charge is 0.373 e. The van der Waals surface area contributed by atoms with E-state index in [9.17, 15) is 27.9 Å². The quantitative estimate of drug-likeness (QED) is 0.839. The normalized spacial score (nSPS) is 22.9. The van der Waals surface area contributed by atoms with Gasteiger partial charge in [-0.25, -0.2) is 0 Å². The Morgan fingerprint density at radius 1 is 1.26 bits per heavy atom. The predicted octanol–water partition coefficient (Wildman–Crippen LogP) is 3.10. The fraction of sp³-hybridized carbons (Fsp3) is 0.556. The number of aliphatic hydroxyl groups is 1. The third-order valence-electron chi connectivity index (χ3n) is 5.02. The molecule has 150 valence electrons. The van der Waals surface area contributed by atoms with E-state index in [2.05, 4.69) is 0 Å². The van der Waals surface area contributed by atoms with Gasteiger partial charge in [-0.1, -0.05) is 18.5 Å². The number of alkyl halides is 3. The number of piperidine rings is 1. The Kier molecular flexibility index (Phi) is 6.11. The van der Waals surface area contributed by atoms with Crippen LogP contribution in [-0.2, 0) is 9.59 Å². The average molecular weight is 407 g/mol. The van der Waals surface area contributed by atoms with E-state index in [1.807, 2.05) is 0 Å². The Bertz CT molecular complexity index is 707. The van der Waals surface area contributed by atoms with E-state index in [0.29, 0.717) is 17.6 Å². The van der Waals surface area contributed by atoms with Gasteiger partial charge in [0.2, 0.25) is 11.5 Å². The number of halogens is 4. The lowest BCUT2D eigenvalue weighted by molar-refractivity contribution is -0.251. The molecule has 1 saturated heterocycles. The summed E-state index contributed by atoms with van der Waals surface area (Å²) in [6.45, 7) is 2.10. The Balaban J connectivity index is 2.07. The maximum absolute atomic E-state index is 12.9.